The summed E-state index contributed by atoms with van der Waals surface area (Å²) in [5, 5.41) is 48.3. The number of carboxylic acids is 6. The van der Waals surface area contributed by atoms with Crippen molar-refractivity contribution in [2.45, 2.75) is 20.8 Å². The van der Waals surface area contributed by atoms with Crippen molar-refractivity contribution < 1.29 is 64.2 Å². The zero-order valence-electron chi connectivity index (χ0n) is 17.6. The Balaban J connectivity index is -0.000000367. The van der Waals surface area contributed by atoms with Crippen molar-refractivity contribution in [3.63, 3.8) is 0 Å². The number of allylic oxidation sites excluding steroid dienone is 2. The molecule has 1 heterocycles. The van der Waals surface area contributed by atoms with Crippen LogP contribution in [0.5, 0.6) is 0 Å². The zero-order chi connectivity index (χ0) is 26.6. The molecule has 14 nitrogen and oxygen atoms in total. The van der Waals surface area contributed by atoms with E-state index in [4.69, 9.17) is 30.6 Å². The highest BCUT2D eigenvalue weighted by atomic mass is 16.6. The minimum absolute atomic E-state index is 0.178. The fourth-order valence-corrected chi connectivity index (χ4v) is 0.999. The average molecular weight is 473 g/mol. The Kier molecular flexibility index (Phi) is 19.0. The topological polar surface area (TPSA) is 245 Å². The van der Waals surface area contributed by atoms with Gasteiger partial charge in [0.1, 0.15) is 6.26 Å². The molecule has 0 spiro atoms. The third-order valence-electron chi connectivity index (χ3n) is 2.52. The van der Waals surface area contributed by atoms with E-state index >= 15 is 0 Å². The standard InChI is InChI=1S/3C5H6O4.C4H5NO/c3*1-3(5(8)9)2-4(6)7;1-2-4-6-5-3-1/h3*2H,1H3,(H,6,7)(H,8,9);1-5H/b3*3-2+;. The third kappa shape index (κ3) is 27.1. The van der Waals surface area contributed by atoms with E-state index in [1.54, 1.807) is 18.5 Å². The highest BCUT2D eigenvalue weighted by Gasteiger charge is 2.02. The van der Waals surface area contributed by atoms with Crippen molar-refractivity contribution in [1.29, 1.82) is 0 Å². The second-order valence-electron chi connectivity index (χ2n) is 5.34. The molecular weight excluding hydrogens is 450 g/mol. The molecule has 33 heavy (non-hydrogen) atoms. The van der Waals surface area contributed by atoms with Crippen molar-refractivity contribution in [2.75, 3.05) is 0 Å². The fourth-order valence-electron chi connectivity index (χ4n) is 0.999. The van der Waals surface area contributed by atoms with Crippen molar-refractivity contribution in [1.82, 2.24) is 5.48 Å². The van der Waals surface area contributed by atoms with Gasteiger partial charge in [0.2, 0.25) is 0 Å². The molecule has 0 atom stereocenters. The number of hydrogen-bond donors (Lipinski definition) is 7. The normalized spacial score (nSPS) is 11.9. The van der Waals surface area contributed by atoms with Crippen molar-refractivity contribution in [3.8, 4) is 0 Å². The molecule has 0 aromatic carbocycles. The molecule has 0 bridgehead atoms. The van der Waals surface area contributed by atoms with E-state index in [1.807, 2.05) is 6.08 Å². The first-order valence-electron chi connectivity index (χ1n) is 8.28. The maximum absolute atomic E-state index is 9.90. The Morgan fingerprint density at radius 1 is 0.606 bits per heavy atom. The molecular formula is C19H23NO13. The van der Waals surface area contributed by atoms with Crippen molar-refractivity contribution >= 4 is 35.8 Å². The molecule has 1 rings (SSSR count). The van der Waals surface area contributed by atoms with Crippen LogP contribution in [-0.2, 0) is 33.6 Å². The highest BCUT2D eigenvalue weighted by Crippen LogP contribution is 1.91. The lowest BCUT2D eigenvalue weighted by atomic mass is 10.3. The van der Waals surface area contributed by atoms with Gasteiger partial charge in [-0.05, 0) is 32.9 Å². The van der Waals surface area contributed by atoms with E-state index in [2.05, 4.69) is 10.3 Å². The summed E-state index contributed by atoms with van der Waals surface area (Å²) >= 11 is 0. The quantitative estimate of drug-likeness (QED) is 0.264. The molecule has 14 heteroatoms. The Hall–Kier alpha value is -4.88. The summed E-state index contributed by atoms with van der Waals surface area (Å²) in [6, 6.07) is 0. The van der Waals surface area contributed by atoms with Crippen LogP contribution in [-0.4, -0.2) is 66.5 Å². The van der Waals surface area contributed by atoms with Crippen LogP contribution in [0.3, 0.4) is 0 Å². The Labute approximate surface area is 186 Å². The Morgan fingerprint density at radius 3 is 0.970 bits per heavy atom. The second-order valence-corrected chi connectivity index (χ2v) is 5.34. The molecule has 0 aliphatic carbocycles. The van der Waals surface area contributed by atoms with E-state index in [0.717, 1.165) is 0 Å². The van der Waals surface area contributed by atoms with Gasteiger partial charge in [0, 0.05) is 41.1 Å². The minimum Gasteiger partial charge on any atom is -0.478 e. The Morgan fingerprint density at radius 2 is 0.909 bits per heavy atom. The van der Waals surface area contributed by atoms with Gasteiger partial charge in [-0.3, -0.25) is 0 Å². The van der Waals surface area contributed by atoms with Gasteiger partial charge in [-0.1, -0.05) is 0 Å². The number of aliphatic carboxylic acids is 6. The number of carbonyl (C=O) groups is 6. The largest absolute Gasteiger partial charge is 0.478 e. The van der Waals surface area contributed by atoms with Crippen LogP contribution in [0.4, 0.5) is 0 Å². The molecule has 0 radical (unpaired) electrons. The van der Waals surface area contributed by atoms with Gasteiger partial charge in [0.25, 0.3) is 0 Å². The third-order valence-corrected chi connectivity index (χ3v) is 2.52. The van der Waals surface area contributed by atoms with Crippen LogP contribution in [0.25, 0.3) is 0 Å². The summed E-state index contributed by atoms with van der Waals surface area (Å²) in [7, 11) is 0. The summed E-state index contributed by atoms with van der Waals surface area (Å²) in [4.78, 5) is 63.6. The van der Waals surface area contributed by atoms with Crippen molar-refractivity contribution in [2.24, 2.45) is 0 Å². The molecule has 1 aliphatic heterocycles. The van der Waals surface area contributed by atoms with Gasteiger partial charge in [-0.25, -0.2) is 34.2 Å². The predicted molar refractivity (Wildman–Crippen MR) is 110 cm³/mol. The lowest BCUT2D eigenvalue weighted by Gasteiger charge is -1.97. The van der Waals surface area contributed by atoms with Gasteiger partial charge in [0.05, 0.1) is 0 Å². The average Bonchev–Trinajstić information content (AvgIpc) is 2.69. The van der Waals surface area contributed by atoms with E-state index in [-0.39, 0.29) is 16.7 Å². The number of hydrogen-bond acceptors (Lipinski definition) is 8. The van der Waals surface area contributed by atoms with Gasteiger partial charge in [0.15, 0.2) is 0 Å². The van der Waals surface area contributed by atoms with Crippen LogP contribution in [0.2, 0.25) is 0 Å². The van der Waals surface area contributed by atoms with Crippen LogP contribution >= 0.6 is 0 Å². The van der Waals surface area contributed by atoms with Gasteiger partial charge in [-0.15, -0.1) is 0 Å². The summed E-state index contributed by atoms with van der Waals surface area (Å²) < 4.78 is 0. The number of nitrogens with one attached hydrogen (secondary N) is 1. The molecule has 0 amide bonds. The van der Waals surface area contributed by atoms with E-state index in [0.29, 0.717) is 18.2 Å². The predicted octanol–water partition coefficient (Wildman–Crippen LogP) is 0.854. The highest BCUT2D eigenvalue weighted by molar-refractivity contribution is 5.95. The lowest BCUT2D eigenvalue weighted by Crippen LogP contribution is -2.01. The second kappa shape index (κ2) is 19.1. The van der Waals surface area contributed by atoms with Crippen molar-refractivity contribution in [3.05, 3.63) is 59.6 Å². The smallest absolute Gasteiger partial charge is 0.331 e. The number of rotatable bonds is 6. The molecule has 7 N–H and O–H groups in total. The molecule has 0 fully saturated rings. The molecule has 182 valence electrons. The SMILES string of the molecule is C/C(=C\C(=O)O)C(=O)O.C/C(=C\C(=O)O)C(=O)O.C/C(=C\C(=O)O)C(=O)O.C1=CNOC=C1. The van der Waals surface area contributed by atoms with Gasteiger partial charge < -0.3 is 35.5 Å². The number of carboxylic acid groups (broad SMARTS) is 6. The van der Waals surface area contributed by atoms with Crippen LogP contribution in [0, 0.1) is 0 Å². The fraction of sp³-hybridized carbons (Fsp3) is 0.158. The minimum atomic E-state index is -1.24. The summed E-state index contributed by atoms with van der Waals surface area (Å²) in [6.07, 6.45) is 8.85. The molecule has 0 saturated heterocycles. The zero-order valence-corrected chi connectivity index (χ0v) is 17.6. The molecule has 1 aliphatic rings. The van der Waals surface area contributed by atoms with E-state index < -0.39 is 35.8 Å². The first-order chi connectivity index (χ1) is 15.1. The maximum Gasteiger partial charge on any atom is 0.331 e. The lowest BCUT2D eigenvalue weighted by molar-refractivity contribution is -0.135. The van der Waals surface area contributed by atoms with Gasteiger partial charge in [-0.2, -0.15) is 0 Å². The Bertz CT molecular complexity index is 769. The molecule has 0 saturated carbocycles. The summed E-state index contributed by atoms with van der Waals surface area (Å²) in [5.41, 5.74) is 1.98. The summed E-state index contributed by atoms with van der Waals surface area (Å²) in [6.45, 7) is 3.66. The van der Waals surface area contributed by atoms with Gasteiger partial charge >= 0.3 is 35.8 Å². The first-order valence-corrected chi connectivity index (χ1v) is 8.28. The first kappa shape index (κ1) is 32.8. The monoisotopic (exact) mass is 473 g/mol. The summed E-state index contributed by atoms with van der Waals surface area (Å²) in [5.74, 6) is -7.35. The maximum atomic E-state index is 9.90. The van der Waals surface area contributed by atoms with Crippen LogP contribution < -0.4 is 5.48 Å². The van der Waals surface area contributed by atoms with Crippen LogP contribution in [0.1, 0.15) is 20.8 Å². The van der Waals surface area contributed by atoms with E-state index in [9.17, 15) is 28.8 Å². The number of hydroxylamine groups is 1. The molecule has 0 unspecified atom stereocenters. The van der Waals surface area contributed by atoms with E-state index in [1.165, 1.54) is 20.8 Å². The molecule has 0 aromatic rings. The molecule has 0 aromatic heterocycles. The van der Waals surface area contributed by atoms with Crippen LogP contribution in [0.15, 0.2) is 59.6 Å².